The van der Waals surface area contributed by atoms with Crippen molar-refractivity contribution in [3.63, 3.8) is 0 Å². The van der Waals surface area contributed by atoms with Gasteiger partial charge < -0.3 is 10.4 Å². The third kappa shape index (κ3) is 4.23. The molecule has 7 nitrogen and oxygen atoms in total. The van der Waals surface area contributed by atoms with E-state index in [4.69, 9.17) is 5.11 Å². The Bertz CT molecular complexity index is 767. The molecule has 1 aliphatic rings. The molecular formula is C18H22N4O3. The second-order valence-corrected chi connectivity index (χ2v) is 6.79. The molecule has 1 fully saturated rings. The number of rotatable bonds is 7. The molecule has 1 heterocycles. The molecule has 0 radical (unpaired) electrons. The van der Waals surface area contributed by atoms with Crippen LogP contribution in [0.4, 0.5) is 0 Å². The zero-order valence-electron chi connectivity index (χ0n) is 14.3. The zero-order valence-corrected chi connectivity index (χ0v) is 14.3. The van der Waals surface area contributed by atoms with Gasteiger partial charge in [-0.25, -0.2) is 4.68 Å². The number of hydrogen-bond acceptors (Lipinski definition) is 4. The van der Waals surface area contributed by atoms with Crippen LogP contribution in [0.15, 0.2) is 30.5 Å². The molecule has 1 aliphatic carbocycles. The Hall–Kier alpha value is -2.70. The number of aromatic nitrogens is 3. The highest BCUT2D eigenvalue weighted by Crippen LogP contribution is 2.47. The van der Waals surface area contributed by atoms with Crippen LogP contribution in [-0.4, -0.2) is 32.0 Å². The minimum atomic E-state index is -0.982. The van der Waals surface area contributed by atoms with Crippen molar-refractivity contribution in [2.24, 2.45) is 5.92 Å². The Morgan fingerprint density at radius 1 is 1.32 bits per heavy atom. The summed E-state index contributed by atoms with van der Waals surface area (Å²) in [4.78, 5) is 22.9. The minimum absolute atomic E-state index is 0.000959. The average Bonchev–Trinajstić information content (AvgIpc) is 3.26. The lowest BCUT2D eigenvalue weighted by Crippen LogP contribution is -2.25. The number of nitrogens with one attached hydrogen (secondary N) is 1. The predicted molar refractivity (Wildman–Crippen MR) is 90.9 cm³/mol. The molecule has 1 saturated carbocycles. The van der Waals surface area contributed by atoms with Gasteiger partial charge in [0.15, 0.2) is 0 Å². The van der Waals surface area contributed by atoms with Crippen LogP contribution in [-0.2, 0) is 22.7 Å². The summed E-state index contributed by atoms with van der Waals surface area (Å²) in [5.41, 5.74) is 3.06. The van der Waals surface area contributed by atoms with E-state index in [9.17, 15) is 9.59 Å². The highest BCUT2D eigenvalue weighted by atomic mass is 16.4. The number of hydrogen-bond donors (Lipinski definition) is 2. The maximum atomic E-state index is 12.3. The smallest absolute Gasteiger partial charge is 0.325 e. The van der Waals surface area contributed by atoms with Gasteiger partial charge in [0.2, 0.25) is 5.91 Å². The van der Waals surface area contributed by atoms with E-state index in [1.165, 1.54) is 22.0 Å². The monoisotopic (exact) mass is 342 g/mol. The summed E-state index contributed by atoms with van der Waals surface area (Å²) >= 11 is 0. The Morgan fingerprint density at radius 2 is 2.04 bits per heavy atom. The van der Waals surface area contributed by atoms with E-state index in [1.807, 2.05) is 0 Å². The Kier molecular flexibility index (Phi) is 4.83. The van der Waals surface area contributed by atoms with Crippen molar-refractivity contribution < 1.29 is 14.7 Å². The predicted octanol–water partition coefficient (Wildman–Crippen LogP) is 1.91. The molecule has 7 heteroatoms. The average molecular weight is 342 g/mol. The maximum absolute atomic E-state index is 12.3. The van der Waals surface area contributed by atoms with Gasteiger partial charge in [-0.1, -0.05) is 43.3 Å². The molecule has 1 aromatic carbocycles. The first-order valence-corrected chi connectivity index (χ1v) is 8.42. The lowest BCUT2D eigenvalue weighted by Gasteiger charge is -2.07. The van der Waals surface area contributed by atoms with Crippen molar-refractivity contribution in [3.8, 4) is 0 Å². The standard InChI is InChI=1S/C18H22N4O3/c1-11(2)12-3-5-13(6-4-12)15-7-16(15)18(25)19-8-14-9-22(21-20-14)10-17(23)24/h3-6,9,11,15-16H,7-8,10H2,1-2H3,(H,19,25)(H,23,24). The Labute approximate surface area is 146 Å². The van der Waals surface area contributed by atoms with Crippen LogP contribution >= 0.6 is 0 Å². The van der Waals surface area contributed by atoms with Gasteiger partial charge in [-0.3, -0.25) is 9.59 Å². The topological polar surface area (TPSA) is 97.1 Å². The molecule has 0 saturated heterocycles. The second kappa shape index (κ2) is 7.04. The van der Waals surface area contributed by atoms with Crippen LogP contribution in [0, 0.1) is 5.92 Å². The van der Waals surface area contributed by atoms with Crippen LogP contribution in [0.1, 0.15) is 48.9 Å². The number of carboxylic acids is 1. The summed E-state index contributed by atoms with van der Waals surface area (Å²) in [7, 11) is 0. The SMILES string of the molecule is CC(C)c1ccc(C2CC2C(=O)NCc2cn(CC(=O)O)nn2)cc1. The summed E-state index contributed by atoms with van der Waals surface area (Å²) in [6, 6.07) is 8.50. The summed E-state index contributed by atoms with van der Waals surface area (Å²) < 4.78 is 1.24. The fourth-order valence-corrected chi connectivity index (χ4v) is 2.93. The minimum Gasteiger partial charge on any atom is -0.480 e. The zero-order chi connectivity index (χ0) is 18.0. The van der Waals surface area contributed by atoms with E-state index >= 15 is 0 Å². The summed E-state index contributed by atoms with van der Waals surface area (Å²) in [5, 5.41) is 19.1. The molecular weight excluding hydrogens is 320 g/mol. The van der Waals surface area contributed by atoms with Crippen molar-refractivity contribution >= 4 is 11.9 Å². The van der Waals surface area contributed by atoms with Gasteiger partial charge in [0.05, 0.1) is 12.7 Å². The third-order valence-corrected chi connectivity index (χ3v) is 4.49. The first-order valence-electron chi connectivity index (χ1n) is 8.42. The molecule has 2 unspecified atom stereocenters. The lowest BCUT2D eigenvalue weighted by molar-refractivity contribution is -0.138. The van der Waals surface area contributed by atoms with Crippen LogP contribution in [0.25, 0.3) is 0 Å². The van der Waals surface area contributed by atoms with E-state index in [-0.39, 0.29) is 30.8 Å². The molecule has 3 rings (SSSR count). The second-order valence-electron chi connectivity index (χ2n) is 6.79. The highest BCUT2D eigenvalue weighted by molar-refractivity contribution is 5.82. The van der Waals surface area contributed by atoms with Gasteiger partial charge in [-0.2, -0.15) is 0 Å². The fraction of sp³-hybridized carbons (Fsp3) is 0.444. The summed E-state index contributed by atoms with van der Waals surface area (Å²) in [6.45, 7) is 4.34. The Morgan fingerprint density at radius 3 is 2.68 bits per heavy atom. The van der Waals surface area contributed by atoms with Crippen molar-refractivity contribution in [2.45, 2.75) is 45.2 Å². The number of benzene rings is 1. The van der Waals surface area contributed by atoms with Crippen LogP contribution < -0.4 is 5.32 Å². The van der Waals surface area contributed by atoms with Crippen molar-refractivity contribution in [1.29, 1.82) is 0 Å². The molecule has 0 aliphatic heterocycles. The molecule has 0 spiro atoms. The van der Waals surface area contributed by atoms with E-state index in [0.29, 0.717) is 11.6 Å². The first-order chi connectivity index (χ1) is 11.9. The normalized spacial score (nSPS) is 19.0. The van der Waals surface area contributed by atoms with Gasteiger partial charge in [0.25, 0.3) is 0 Å². The molecule has 1 amide bonds. The quantitative estimate of drug-likeness (QED) is 0.801. The molecule has 2 N–H and O–H groups in total. The van der Waals surface area contributed by atoms with Crippen LogP contribution in [0.3, 0.4) is 0 Å². The summed E-state index contributed by atoms with van der Waals surface area (Å²) in [6.07, 6.45) is 2.39. The van der Waals surface area contributed by atoms with Crippen molar-refractivity contribution in [2.75, 3.05) is 0 Å². The summed E-state index contributed by atoms with van der Waals surface area (Å²) in [5.74, 6) is -0.194. The van der Waals surface area contributed by atoms with Crippen LogP contribution in [0.5, 0.6) is 0 Å². The Balaban J connectivity index is 1.50. The molecule has 2 aromatic rings. The number of nitrogens with zero attached hydrogens (tertiary/aromatic N) is 3. The lowest BCUT2D eigenvalue weighted by atomic mass is 10.00. The van der Waals surface area contributed by atoms with Gasteiger partial charge in [0, 0.05) is 5.92 Å². The van der Waals surface area contributed by atoms with E-state index in [0.717, 1.165) is 6.42 Å². The van der Waals surface area contributed by atoms with Crippen LogP contribution in [0.2, 0.25) is 0 Å². The molecule has 132 valence electrons. The van der Waals surface area contributed by atoms with Crippen molar-refractivity contribution in [1.82, 2.24) is 20.3 Å². The van der Waals surface area contributed by atoms with E-state index in [1.54, 1.807) is 0 Å². The number of carboxylic acid groups (broad SMARTS) is 1. The number of aliphatic carboxylic acids is 1. The number of amides is 1. The van der Waals surface area contributed by atoms with E-state index < -0.39 is 5.97 Å². The van der Waals surface area contributed by atoms with E-state index in [2.05, 4.69) is 53.7 Å². The fourth-order valence-electron chi connectivity index (χ4n) is 2.93. The molecule has 2 atom stereocenters. The molecule has 25 heavy (non-hydrogen) atoms. The van der Waals surface area contributed by atoms with Gasteiger partial charge in [0.1, 0.15) is 12.2 Å². The number of carbonyl (C=O) groups excluding carboxylic acids is 1. The number of carbonyl (C=O) groups is 2. The largest absolute Gasteiger partial charge is 0.480 e. The van der Waals surface area contributed by atoms with Crippen molar-refractivity contribution in [3.05, 3.63) is 47.3 Å². The third-order valence-electron chi connectivity index (χ3n) is 4.49. The van der Waals surface area contributed by atoms with Gasteiger partial charge in [-0.05, 0) is 29.4 Å². The van der Waals surface area contributed by atoms with Gasteiger partial charge in [-0.15, -0.1) is 5.10 Å². The van der Waals surface area contributed by atoms with Gasteiger partial charge >= 0.3 is 5.97 Å². The first kappa shape index (κ1) is 17.1. The maximum Gasteiger partial charge on any atom is 0.325 e. The molecule has 0 bridgehead atoms. The highest BCUT2D eigenvalue weighted by Gasteiger charge is 2.43. The molecule has 1 aromatic heterocycles.